The zero-order chi connectivity index (χ0) is 28.8. The SMILES string of the molecule is CC(C)(C)c1ccc2c(c1)[cH-]c1cc(C(C)(C)C)ccc12.[CH3-].[CH3-].[Zr]=[C](c1ccccc1)c1ccccc1.c1cc[cH-]c1. The molecule has 0 fully saturated rings. The summed E-state index contributed by atoms with van der Waals surface area (Å²) in [6, 6.07) is 47.3. The molecule has 6 aromatic carbocycles. The Morgan fingerprint density at radius 2 is 0.905 bits per heavy atom. The third-order valence-electron chi connectivity index (χ3n) is 7.12. The van der Waals surface area contributed by atoms with Gasteiger partial charge in [-0.25, -0.2) is 12.1 Å². The molecule has 0 unspecified atom stereocenters. The molecule has 0 spiro atoms. The van der Waals surface area contributed by atoms with Crippen LogP contribution in [0.2, 0.25) is 0 Å². The Kier molecular flexibility index (Phi) is 12.8. The molecule has 6 aromatic rings. The average molecular weight is 630 g/mol. The molecule has 0 saturated carbocycles. The van der Waals surface area contributed by atoms with Gasteiger partial charge in [0.1, 0.15) is 0 Å². The first-order valence-electron chi connectivity index (χ1n) is 14.0. The number of rotatable bonds is 2. The van der Waals surface area contributed by atoms with Gasteiger partial charge in [0.05, 0.1) is 0 Å². The molecule has 0 bridgehead atoms. The fourth-order valence-electron chi connectivity index (χ4n) is 4.65. The molecule has 42 heavy (non-hydrogen) atoms. The first-order valence-corrected chi connectivity index (χ1v) is 15.3. The standard InChI is InChI=1S/C21H25.C13H10.C5H5.2CH3.Zr/c1-20(2,3)16-7-9-18-14(12-16)11-15-13-17(21(4,5)6)8-10-19(15)18;1-3-7-12(8-4-1)11-13-9-5-2-6-10-13;1-2-4-5-3-1;;;/h7-13H,1-6H3;1-10H;1-5H;2*1H3;/q-1;;3*-1;. The van der Waals surface area contributed by atoms with E-state index in [9.17, 15) is 0 Å². The molecule has 0 aliphatic rings. The van der Waals surface area contributed by atoms with Crippen LogP contribution in [-0.2, 0) is 35.1 Å². The van der Waals surface area contributed by atoms with Gasteiger partial charge in [0.2, 0.25) is 0 Å². The minimum absolute atomic E-state index is 0. The number of fused-ring (bicyclic) bond motifs is 3. The van der Waals surface area contributed by atoms with E-state index in [1.165, 1.54) is 71.2 Å². The largest absolute Gasteiger partial charge is 0.214 e. The molecule has 0 aliphatic carbocycles. The third kappa shape index (κ3) is 9.18. The van der Waals surface area contributed by atoms with E-state index in [-0.39, 0.29) is 25.7 Å². The Hall–Kier alpha value is -3.15. The van der Waals surface area contributed by atoms with Gasteiger partial charge in [-0.15, -0.1) is 39.7 Å². The first-order chi connectivity index (χ1) is 19.0. The summed E-state index contributed by atoms with van der Waals surface area (Å²) in [4.78, 5) is 0. The Morgan fingerprint density at radius 1 is 0.524 bits per heavy atom. The van der Waals surface area contributed by atoms with Crippen molar-refractivity contribution in [1.29, 1.82) is 0 Å². The van der Waals surface area contributed by atoms with Gasteiger partial charge in [0.15, 0.2) is 0 Å². The van der Waals surface area contributed by atoms with E-state index < -0.39 is 0 Å². The molecule has 0 amide bonds. The van der Waals surface area contributed by atoms with E-state index >= 15 is 0 Å². The molecule has 1 heteroatoms. The fraction of sp³-hybridized carbons (Fsp3) is 0.195. The maximum absolute atomic E-state index is 2.35. The van der Waals surface area contributed by atoms with Gasteiger partial charge in [0, 0.05) is 0 Å². The molecular weight excluding hydrogens is 584 g/mol. The van der Waals surface area contributed by atoms with Gasteiger partial charge in [-0.2, -0.15) is 18.2 Å². The maximum Gasteiger partial charge on any atom is -0.172 e. The van der Waals surface area contributed by atoms with Crippen molar-refractivity contribution >= 4 is 24.8 Å². The Morgan fingerprint density at radius 3 is 1.21 bits per heavy atom. The zero-order valence-electron chi connectivity index (χ0n) is 26.7. The van der Waals surface area contributed by atoms with Crippen molar-refractivity contribution in [3.05, 3.63) is 171 Å². The van der Waals surface area contributed by atoms with Crippen LogP contribution in [0, 0.1) is 14.9 Å². The van der Waals surface area contributed by atoms with Gasteiger partial charge < -0.3 is 14.9 Å². The van der Waals surface area contributed by atoms with Crippen LogP contribution in [0.3, 0.4) is 0 Å². The summed E-state index contributed by atoms with van der Waals surface area (Å²) in [5, 5.41) is 5.48. The predicted molar refractivity (Wildman–Crippen MR) is 185 cm³/mol. The molecule has 6 rings (SSSR count). The molecule has 0 aromatic heterocycles. The number of benzene rings is 4. The van der Waals surface area contributed by atoms with Crippen LogP contribution in [-0.4, -0.2) is 3.21 Å². The normalized spacial score (nSPS) is 10.8. The molecular formula is C41H46Zr-4. The topological polar surface area (TPSA) is 0 Å². The van der Waals surface area contributed by atoms with Crippen LogP contribution in [0.15, 0.2) is 133 Å². The second-order valence-corrected chi connectivity index (χ2v) is 13.5. The second-order valence-electron chi connectivity index (χ2n) is 12.3. The van der Waals surface area contributed by atoms with E-state index in [4.69, 9.17) is 0 Å². The summed E-state index contributed by atoms with van der Waals surface area (Å²) in [7, 11) is 0. The number of hydrogen-bond donors (Lipinski definition) is 0. The van der Waals surface area contributed by atoms with E-state index in [1.54, 1.807) is 0 Å². The molecule has 0 nitrogen and oxygen atoms in total. The van der Waals surface area contributed by atoms with Gasteiger partial charge in [-0.05, 0) is 10.8 Å². The summed E-state index contributed by atoms with van der Waals surface area (Å²) < 4.78 is 1.42. The van der Waals surface area contributed by atoms with Crippen LogP contribution in [0.25, 0.3) is 21.5 Å². The summed E-state index contributed by atoms with van der Waals surface area (Å²) in [6.45, 7) is 13.6. The monoisotopic (exact) mass is 628 g/mol. The van der Waals surface area contributed by atoms with Crippen molar-refractivity contribution in [2.24, 2.45) is 0 Å². The Bertz CT molecular complexity index is 1510. The van der Waals surface area contributed by atoms with Crippen LogP contribution < -0.4 is 0 Å². The summed E-state index contributed by atoms with van der Waals surface area (Å²) in [5.74, 6) is 0. The van der Waals surface area contributed by atoms with E-state index in [1.807, 2.05) is 30.3 Å². The third-order valence-corrected chi connectivity index (χ3v) is 8.54. The zero-order valence-corrected chi connectivity index (χ0v) is 29.2. The van der Waals surface area contributed by atoms with Gasteiger partial charge in [0.25, 0.3) is 0 Å². The van der Waals surface area contributed by atoms with Gasteiger partial charge in [-0.1, -0.05) is 76.9 Å². The van der Waals surface area contributed by atoms with Crippen molar-refractivity contribution in [2.45, 2.75) is 52.4 Å². The minimum Gasteiger partial charge on any atom is -0.214 e. The van der Waals surface area contributed by atoms with Crippen molar-refractivity contribution in [2.75, 3.05) is 0 Å². The molecule has 0 heterocycles. The molecule has 0 aliphatic heterocycles. The second kappa shape index (κ2) is 15.4. The van der Waals surface area contributed by atoms with Crippen LogP contribution in [0.4, 0.5) is 0 Å². The van der Waals surface area contributed by atoms with Gasteiger partial charge >= 0.3 is 99.2 Å². The van der Waals surface area contributed by atoms with Crippen LogP contribution >= 0.6 is 0 Å². The fourth-order valence-corrected chi connectivity index (χ4v) is 5.47. The summed E-state index contributed by atoms with van der Waals surface area (Å²) in [6.07, 6.45) is 0. The predicted octanol–water partition coefficient (Wildman–Crippen LogP) is 11.4. The van der Waals surface area contributed by atoms with E-state index in [0.29, 0.717) is 0 Å². The smallest absolute Gasteiger partial charge is 0.172 e. The van der Waals surface area contributed by atoms with Gasteiger partial charge in [-0.3, -0.25) is 0 Å². The van der Waals surface area contributed by atoms with Crippen molar-refractivity contribution in [3.63, 3.8) is 0 Å². The van der Waals surface area contributed by atoms with Crippen molar-refractivity contribution in [3.8, 4) is 0 Å². The first kappa shape index (κ1) is 35.1. The van der Waals surface area contributed by atoms with E-state index in [2.05, 4.69) is 145 Å². The molecule has 0 radical (unpaired) electrons. The molecule has 218 valence electrons. The van der Waals surface area contributed by atoms with Crippen LogP contribution in [0.5, 0.6) is 0 Å². The molecule has 0 N–H and O–H groups in total. The Balaban J connectivity index is 0.000000253. The van der Waals surface area contributed by atoms with Crippen molar-refractivity contribution in [1.82, 2.24) is 0 Å². The van der Waals surface area contributed by atoms with E-state index in [0.717, 1.165) is 0 Å². The average Bonchev–Trinajstić information content (AvgIpc) is 3.64. The summed E-state index contributed by atoms with van der Waals surface area (Å²) >= 11 is 1.46. The Labute approximate surface area is 270 Å². The molecule has 0 atom stereocenters. The quantitative estimate of drug-likeness (QED) is 0.167. The summed E-state index contributed by atoms with van der Waals surface area (Å²) in [5.41, 5.74) is 5.87. The molecule has 0 saturated heterocycles. The minimum atomic E-state index is 0. The van der Waals surface area contributed by atoms with Crippen LogP contribution in [0.1, 0.15) is 63.8 Å². The maximum atomic E-state index is 2.35. The van der Waals surface area contributed by atoms with Crippen molar-refractivity contribution < 1.29 is 24.2 Å². The number of hydrogen-bond acceptors (Lipinski definition) is 0.